The van der Waals surface area contributed by atoms with Crippen LogP contribution in [0.1, 0.15) is 17.3 Å². The van der Waals surface area contributed by atoms with Gasteiger partial charge in [0.2, 0.25) is 0 Å². The highest BCUT2D eigenvalue weighted by molar-refractivity contribution is 9.10. The first kappa shape index (κ1) is 21.2. The minimum atomic E-state index is -0.0475. The number of hydrogen-bond acceptors (Lipinski definition) is 6. The van der Waals surface area contributed by atoms with Gasteiger partial charge in [0, 0.05) is 36.2 Å². The third-order valence-corrected chi connectivity index (χ3v) is 6.49. The number of amides is 1. The largest absolute Gasteiger partial charge is 0.494 e. The van der Waals surface area contributed by atoms with Gasteiger partial charge in [-0.25, -0.2) is 4.98 Å². The molecule has 6 nitrogen and oxygen atoms in total. The van der Waals surface area contributed by atoms with Crippen LogP contribution in [-0.2, 0) is 4.74 Å². The maximum absolute atomic E-state index is 13.4. The highest BCUT2D eigenvalue weighted by Crippen LogP contribution is 2.32. The van der Waals surface area contributed by atoms with E-state index in [0.29, 0.717) is 23.8 Å². The number of morpholine rings is 1. The van der Waals surface area contributed by atoms with Crippen molar-refractivity contribution in [3.63, 3.8) is 0 Å². The summed E-state index contributed by atoms with van der Waals surface area (Å²) in [4.78, 5) is 22.3. The highest BCUT2D eigenvalue weighted by Gasteiger charge is 2.23. The lowest BCUT2D eigenvalue weighted by atomic mass is 10.2. The third-order valence-electron chi connectivity index (χ3n) is 4.95. The fraction of sp³-hybridized carbons (Fsp3) is 0.364. The molecule has 2 aromatic carbocycles. The normalized spacial score (nSPS) is 14.7. The van der Waals surface area contributed by atoms with E-state index in [0.717, 1.165) is 53.3 Å². The molecule has 1 saturated heterocycles. The molecule has 0 unspecified atom stereocenters. The molecule has 1 aliphatic rings. The average molecular weight is 490 g/mol. The van der Waals surface area contributed by atoms with Crippen LogP contribution in [0.5, 0.6) is 5.75 Å². The molecule has 1 fully saturated rings. The van der Waals surface area contributed by atoms with Gasteiger partial charge < -0.3 is 9.47 Å². The van der Waals surface area contributed by atoms with Crippen LogP contribution in [0, 0.1) is 0 Å². The maximum Gasteiger partial charge on any atom is 0.260 e. The van der Waals surface area contributed by atoms with E-state index >= 15 is 0 Å². The number of ether oxygens (including phenoxy) is 2. The molecule has 30 heavy (non-hydrogen) atoms. The lowest BCUT2D eigenvalue weighted by Crippen LogP contribution is -2.43. The van der Waals surface area contributed by atoms with Crippen molar-refractivity contribution in [2.24, 2.45) is 0 Å². The summed E-state index contributed by atoms with van der Waals surface area (Å²) in [5.41, 5.74) is 1.51. The lowest BCUT2D eigenvalue weighted by molar-refractivity contribution is 0.0391. The molecule has 0 saturated carbocycles. The second kappa shape index (κ2) is 9.87. The zero-order valence-corrected chi connectivity index (χ0v) is 19.2. The first-order chi connectivity index (χ1) is 14.6. The molecular formula is C22H24BrN3O3S. The van der Waals surface area contributed by atoms with Gasteiger partial charge in [-0.2, -0.15) is 0 Å². The Morgan fingerprint density at radius 2 is 2.10 bits per heavy atom. The molecule has 1 amide bonds. The summed E-state index contributed by atoms with van der Waals surface area (Å²) in [7, 11) is 0. The molecule has 158 valence electrons. The predicted octanol–water partition coefficient (Wildman–Crippen LogP) is 4.44. The molecule has 8 heteroatoms. The summed E-state index contributed by atoms with van der Waals surface area (Å²) < 4.78 is 12.9. The number of carbonyl (C=O) groups is 1. The fourth-order valence-corrected chi connectivity index (χ4v) is 4.81. The molecule has 1 aliphatic heterocycles. The monoisotopic (exact) mass is 489 g/mol. The summed E-state index contributed by atoms with van der Waals surface area (Å²) >= 11 is 4.99. The number of anilines is 1. The van der Waals surface area contributed by atoms with E-state index < -0.39 is 0 Å². The summed E-state index contributed by atoms with van der Waals surface area (Å²) in [6, 6.07) is 13.4. The number of fused-ring (bicyclic) bond motifs is 1. The van der Waals surface area contributed by atoms with Crippen molar-refractivity contribution in [1.82, 2.24) is 9.88 Å². The van der Waals surface area contributed by atoms with Crippen molar-refractivity contribution in [2.45, 2.75) is 6.92 Å². The molecule has 0 atom stereocenters. The first-order valence-corrected chi connectivity index (χ1v) is 11.7. The van der Waals surface area contributed by atoms with Crippen molar-refractivity contribution < 1.29 is 14.3 Å². The van der Waals surface area contributed by atoms with E-state index in [4.69, 9.17) is 14.5 Å². The van der Waals surface area contributed by atoms with Gasteiger partial charge in [-0.15, -0.1) is 0 Å². The zero-order chi connectivity index (χ0) is 20.9. The van der Waals surface area contributed by atoms with Crippen LogP contribution in [0.25, 0.3) is 10.2 Å². The predicted molar refractivity (Wildman–Crippen MR) is 124 cm³/mol. The fourth-order valence-electron chi connectivity index (χ4n) is 3.39. The van der Waals surface area contributed by atoms with Crippen molar-refractivity contribution in [3.8, 4) is 5.75 Å². The van der Waals surface area contributed by atoms with Crippen LogP contribution in [-0.4, -0.2) is 61.8 Å². The van der Waals surface area contributed by atoms with Gasteiger partial charge in [0.1, 0.15) is 5.75 Å². The van der Waals surface area contributed by atoms with Gasteiger partial charge >= 0.3 is 0 Å². The number of nitrogens with zero attached hydrogens (tertiary/aromatic N) is 3. The molecule has 0 radical (unpaired) electrons. The second-order valence-electron chi connectivity index (χ2n) is 6.98. The Hall–Kier alpha value is -2.00. The van der Waals surface area contributed by atoms with E-state index in [1.165, 1.54) is 11.3 Å². The number of thiazole rings is 1. The van der Waals surface area contributed by atoms with E-state index in [1.807, 2.05) is 49.4 Å². The molecule has 2 heterocycles. The van der Waals surface area contributed by atoms with Gasteiger partial charge in [-0.3, -0.25) is 14.6 Å². The molecule has 3 aromatic rings. The van der Waals surface area contributed by atoms with Crippen molar-refractivity contribution in [3.05, 3.63) is 52.5 Å². The molecule has 0 N–H and O–H groups in total. The highest BCUT2D eigenvalue weighted by atomic mass is 79.9. The minimum absolute atomic E-state index is 0.0475. The van der Waals surface area contributed by atoms with Gasteiger partial charge in [0.25, 0.3) is 5.91 Å². The van der Waals surface area contributed by atoms with E-state index in [1.54, 1.807) is 4.90 Å². The van der Waals surface area contributed by atoms with Crippen molar-refractivity contribution >= 4 is 48.5 Å². The Morgan fingerprint density at radius 3 is 2.87 bits per heavy atom. The molecule has 0 spiro atoms. The number of aromatic nitrogens is 1. The quantitative estimate of drug-likeness (QED) is 0.491. The number of benzene rings is 2. The summed E-state index contributed by atoms with van der Waals surface area (Å²) in [6.45, 7) is 7.18. The summed E-state index contributed by atoms with van der Waals surface area (Å²) in [6.07, 6.45) is 0. The number of hydrogen-bond donors (Lipinski definition) is 0. The third kappa shape index (κ3) is 5.00. The Morgan fingerprint density at radius 1 is 1.27 bits per heavy atom. The Bertz CT molecular complexity index is 1020. The van der Waals surface area contributed by atoms with Crippen LogP contribution >= 0.6 is 27.3 Å². The minimum Gasteiger partial charge on any atom is -0.494 e. The number of carbonyl (C=O) groups excluding carboxylic acids is 1. The van der Waals surface area contributed by atoms with Crippen LogP contribution in [0.3, 0.4) is 0 Å². The van der Waals surface area contributed by atoms with Crippen LogP contribution in [0.15, 0.2) is 46.9 Å². The molecule has 1 aromatic heterocycles. The molecular weight excluding hydrogens is 466 g/mol. The maximum atomic E-state index is 13.4. The van der Waals surface area contributed by atoms with Gasteiger partial charge in [-0.05, 0) is 43.3 Å². The van der Waals surface area contributed by atoms with Crippen LogP contribution in [0.4, 0.5) is 5.13 Å². The first-order valence-electron chi connectivity index (χ1n) is 10.0. The summed E-state index contributed by atoms with van der Waals surface area (Å²) in [5, 5.41) is 0.705. The van der Waals surface area contributed by atoms with E-state index in [-0.39, 0.29) is 5.91 Å². The Balaban J connectivity index is 1.63. The average Bonchev–Trinajstić information content (AvgIpc) is 3.18. The van der Waals surface area contributed by atoms with Gasteiger partial charge in [0.05, 0.1) is 30.0 Å². The number of halogens is 1. The van der Waals surface area contributed by atoms with Gasteiger partial charge in [-0.1, -0.05) is 33.3 Å². The van der Waals surface area contributed by atoms with E-state index in [9.17, 15) is 4.79 Å². The second-order valence-corrected chi connectivity index (χ2v) is 8.90. The SMILES string of the molecule is CCOc1ccc2nc(N(CCN3CCOCC3)C(=O)c3cccc(Br)c3)sc2c1. The van der Waals surface area contributed by atoms with Crippen LogP contribution < -0.4 is 9.64 Å². The Kier molecular flexibility index (Phi) is 6.99. The lowest BCUT2D eigenvalue weighted by Gasteiger charge is -2.29. The number of rotatable bonds is 7. The summed E-state index contributed by atoms with van der Waals surface area (Å²) in [5.74, 6) is 0.770. The van der Waals surface area contributed by atoms with Gasteiger partial charge in [0.15, 0.2) is 5.13 Å². The smallest absolute Gasteiger partial charge is 0.260 e. The zero-order valence-electron chi connectivity index (χ0n) is 16.8. The molecule has 0 aliphatic carbocycles. The Labute approximate surface area is 188 Å². The van der Waals surface area contributed by atoms with Crippen LogP contribution in [0.2, 0.25) is 0 Å². The van der Waals surface area contributed by atoms with Crippen molar-refractivity contribution in [2.75, 3.05) is 50.9 Å². The molecule has 4 rings (SSSR count). The van der Waals surface area contributed by atoms with E-state index in [2.05, 4.69) is 20.8 Å². The topological polar surface area (TPSA) is 54.9 Å². The van der Waals surface area contributed by atoms with Crippen molar-refractivity contribution in [1.29, 1.82) is 0 Å². The standard InChI is InChI=1S/C22H24BrN3O3S/c1-2-29-18-6-7-19-20(15-18)30-22(24-19)26(9-8-25-10-12-28-13-11-25)21(27)16-4-3-5-17(23)14-16/h3-7,14-15H,2,8-13H2,1H3. The molecule has 0 bridgehead atoms.